The van der Waals surface area contributed by atoms with Gasteiger partial charge in [0.1, 0.15) is 5.75 Å². The molecule has 26 heavy (non-hydrogen) atoms. The lowest BCUT2D eigenvalue weighted by Gasteiger charge is -2.31. The van der Waals surface area contributed by atoms with E-state index in [0.29, 0.717) is 15.2 Å². The van der Waals surface area contributed by atoms with Crippen LogP contribution in [0.1, 0.15) is 0 Å². The summed E-state index contributed by atoms with van der Waals surface area (Å²) in [5.74, 6) is 0.447. The van der Waals surface area contributed by atoms with Crippen molar-refractivity contribution in [1.82, 2.24) is 0 Å². The summed E-state index contributed by atoms with van der Waals surface area (Å²) in [7, 11) is 0. The molecule has 0 aliphatic carbocycles. The summed E-state index contributed by atoms with van der Waals surface area (Å²) >= 11 is 11.0. The van der Waals surface area contributed by atoms with Crippen molar-refractivity contribution >= 4 is 56.6 Å². The fourth-order valence-corrected chi connectivity index (χ4v) is 4.62. The Hall–Kier alpha value is -1.95. The second-order valence-electron chi connectivity index (χ2n) is 5.63. The van der Waals surface area contributed by atoms with Gasteiger partial charge in [-0.1, -0.05) is 47.6 Å². The predicted octanol–water partition coefficient (Wildman–Crippen LogP) is 6.31. The van der Waals surface area contributed by atoms with Crippen LogP contribution in [0, 0.1) is 0 Å². The Morgan fingerprint density at radius 1 is 1.00 bits per heavy atom. The van der Waals surface area contributed by atoms with Crippen molar-refractivity contribution in [3.8, 4) is 5.75 Å². The Balaban J connectivity index is 1.63. The summed E-state index contributed by atoms with van der Waals surface area (Å²) < 4.78 is 6.45. The minimum atomic E-state index is -0.132. The van der Waals surface area contributed by atoms with Gasteiger partial charge in [-0.25, -0.2) is 0 Å². The number of rotatable bonds is 3. The van der Waals surface area contributed by atoms with Crippen molar-refractivity contribution in [3.63, 3.8) is 0 Å². The number of para-hydroxylation sites is 2. The van der Waals surface area contributed by atoms with E-state index >= 15 is 0 Å². The van der Waals surface area contributed by atoms with Crippen molar-refractivity contribution in [2.45, 2.75) is 9.79 Å². The van der Waals surface area contributed by atoms with Gasteiger partial charge in [0.05, 0.1) is 15.8 Å². The summed E-state index contributed by atoms with van der Waals surface area (Å²) in [6.45, 7) is -0.0758. The van der Waals surface area contributed by atoms with E-state index in [-0.39, 0.29) is 12.5 Å². The molecule has 1 amide bonds. The molecule has 3 nitrogen and oxygen atoms in total. The fourth-order valence-electron chi connectivity index (χ4n) is 2.77. The molecule has 0 saturated carbocycles. The van der Waals surface area contributed by atoms with Crippen LogP contribution >= 0.6 is 39.3 Å². The predicted molar refractivity (Wildman–Crippen MR) is 109 cm³/mol. The molecule has 0 unspecified atom stereocenters. The maximum atomic E-state index is 13.0. The highest BCUT2D eigenvalue weighted by atomic mass is 79.9. The lowest BCUT2D eigenvalue weighted by atomic mass is 10.2. The molecule has 6 heteroatoms. The summed E-state index contributed by atoms with van der Waals surface area (Å²) in [6.07, 6.45) is 0. The van der Waals surface area contributed by atoms with Gasteiger partial charge in [-0.3, -0.25) is 9.69 Å². The quantitative estimate of drug-likeness (QED) is 0.472. The van der Waals surface area contributed by atoms with Gasteiger partial charge < -0.3 is 4.74 Å². The molecule has 0 fully saturated rings. The van der Waals surface area contributed by atoms with Crippen molar-refractivity contribution in [1.29, 1.82) is 0 Å². The maximum absolute atomic E-state index is 13.0. The third kappa shape index (κ3) is 3.34. The molecule has 0 saturated heterocycles. The number of ether oxygens (including phenoxy) is 1. The van der Waals surface area contributed by atoms with E-state index in [0.717, 1.165) is 21.2 Å². The molecule has 4 rings (SSSR count). The molecule has 0 bridgehead atoms. The number of nitrogens with zero attached hydrogens (tertiary/aromatic N) is 1. The number of carbonyl (C=O) groups is 1. The molecule has 3 aromatic carbocycles. The first-order chi connectivity index (χ1) is 12.6. The first-order valence-corrected chi connectivity index (χ1v) is 9.89. The maximum Gasteiger partial charge on any atom is 0.269 e. The summed E-state index contributed by atoms with van der Waals surface area (Å²) in [5, 5.41) is 0.603. The SMILES string of the molecule is O=C(COc1ccc(Cl)cc1Br)N1c2ccccc2Sc2ccccc21. The van der Waals surface area contributed by atoms with Crippen molar-refractivity contribution in [3.05, 3.63) is 76.2 Å². The van der Waals surface area contributed by atoms with Gasteiger partial charge >= 0.3 is 0 Å². The van der Waals surface area contributed by atoms with E-state index in [2.05, 4.69) is 15.9 Å². The molecular weight excluding hydrogens is 434 g/mol. The van der Waals surface area contributed by atoms with Crippen LogP contribution in [0.25, 0.3) is 0 Å². The number of halogens is 2. The highest BCUT2D eigenvalue weighted by Crippen LogP contribution is 2.47. The van der Waals surface area contributed by atoms with Crippen LogP contribution in [0.3, 0.4) is 0 Å². The van der Waals surface area contributed by atoms with E-state index in [9.17, 15) is 4.79 Å². The molecule has 1 aliphatic heterocycles. The average Bonchev–Trinajstić information content (AvgIpc) is 2.65. The third-order valence-corrected chi connectivity index (χ3v) is 5.91. The molecule has 0 spiro atoms. The Morgan fingerprint density at radius 3 is 2.23 bits per heavy atom. The number of hydrogen-bond donors (Lipinski definition) is 0. The van der Waals surface area contributed by atoms with Crippen LogP contribution in [-0.4, -0.2) is 12.5 Å². The normalized spacial score (nSPS) is 12.3. The molecule has 0 atom stereocenters. The number of carbonyl (C=O) groups excluding carboxylic acids is 1. The average molecular weight is 447 g/mol. The van der Waals surface area contributed by atoms with Crippen LogP contribution in [0.15, 0.2) is 81.0 Å². The minimum absolute atomic E-state index is 0.0758. The molecule has 3 aromatic rings. The van der Waals surface area contributed by atoms with Gasteiger partial charge in [-0.2, -0.15) is 0 Å². The van der Waals surface area contributed by atoms with Crippen molar-refractivity contribution in [2.24, 2.45) is 0 Å². The Bertz CT molecular complexity index is 950. The summed E-state index contributed by atoms with van der Waals surface area (Å²) in [6, 6.07) is 21.0. The first-order valence-electron chi connectivity index (χ1n) is 7.90. The van der Waals surface area contributed by atoms with Gasteiger partial charge in [-0.15, -0.1) is 0 Å². The van der Waals surface area contributed by atoms with Crippen LogP contribution in [-0.2, 0) is 4.79 Å². The van der Waals surface area contributed by atoms with Gasteiger partial charge in [0.2, 0.25) is 0 Å². The van der Waals surface area contributed by atoms with Crippen molar-refractivity contribution in [2.75, 3.05) is 11.5 Å². The fraction of sp³-hybridized carbons (Fsp3) is 0.0500. The molecular formula is C20H13BrClNO2S. The number of amides is 1. The highest BCUT2D eigenvalue weighted by molar-refractivity contribution is 9.10. The Morgan fingerprint density at radius 2 is 1.62 bits per heavy atom. The van der Waals surface area contributed by atoms with Gasteiger partial charge in [0.25, 0.3) is 5.91 Å². The topological polar surface area (TPSA) is 29.5 Å². The Labute approximate surface area is 169 Å². The number of fused-ring (bicyclic) bond motifs is 2. The lowest BCUT2D eigenvalue weighted by molar-refractivity contribution is -0.119. The third-order valence-electron chi connectivity index (χ3n) is 3.93. The molecule has 0 N–H and O–H groups in total. The van der Waals surface area contributed by atoms with E-state index < -0.39 is 0 Å². The van der Waals surface area contributed by atoms with Crippen LogP contribution < -0.4 is 9.64 Å². The zero-order chi connectivity index (χ0) is 18.1. The minimum Gasteiger partial charge on any atom is -0.483 e. The molecule has 130 valence electrons. The van der Waals surface area contributed by atoms with Gasteiger partial charge in [0, 0.05) is 14.8 Å². The van der Waals surface area contributed by atoms with E-state index in [1.54, 1.807) is 34.9 Å². The summed E-state index contributed by atoms with van der Waals surface area (Å²) in [5.41, 5.74) is 1.75. The van der Waals surface area contributed by atoms with E-state index in [4.69, 9.17) is 16.3 Å². The van der Waals surface area contributed by atoms with Crippen molar-refractivity contribution < 1.29 is 9.53 Å². The second kappa shape index (κ2) is 7.35. The zero-order valence-electron chi connectivity index (χ0n) is 13.5. The first kappa shape index (κ1) is 17.5. The molecule has 1 heterocycles. The number of anilines is 2. The highest BCUT2D eigenvalue weighted by Gasteiger charge is 2.28. The standard InChI is InChI=1S/C20H13BrClNO2S/c21-14-11-13(22)9-10-17(14)25-12-20(24)23-15-5-1-3-7-18(15)26-19-8-4-2-6-16(19)23/h1-11H,12H2. The van der Waals surface area contributed by atoms with Crippen LogP contribution in [0.2, 0.25) is 5.02 Å². The molecule has 0 radical (unpaired) electrons. The number of benzene rings is 3. The Kier molecular flexibility index (Phi) is 4.94. The van der Waals surface area contributed by atoms with Gasteiger partial charge in [-0.05, 0) is 58.4 Å². The molecule has 1 aliphatic rings. The monoisotopic (exact) mass is 445 g/mol. The van der Waals surface area contributed by atoms with E-state index in [1.807, 2.05) is 48.5 Å². The molecule has 0 aromatic heterocycles. The lowest BCUT2D eigenvalue weighted by Crippen LogP contribution is -2.32. The van der Waals surface area contributed by atoms with Gasteiger partial charge in [0.15, 0.2) is 6.61 Å². The van der Waals surface area contributed by atoms with Crippen LogP contribution in [0.5, 0.6) is 5.75 Å². The smallest absolute Gasteiger partial charge is 0.269 e. The van der Waals surface area contributed by atoms with Crippen LogP contribution in [0.4, 0.5) is 11.4 Å². The largest absolute Gasteiger partial charge is 0.483 e. The summed E-state index contributed by atoms with van der Waals surface area (Å²) in [4.78, 5) is 16.8. The van der Waals surface area contributed by atoms with E-state index in [1.165, 1.54) is 0 Å². The second-order valence-corrected chi connectivity index (χ2v) is 8.00. The number of hydrogen-bond acceptors (Lipinski definition) is 3. The zero-order valence-corrected chi connectivity index (χ0v) is 16.6.